The molecule has 0 bridgehead atoms. The van der Waals surface area contributed by atoms with Gasteiger partial charge in [0.1, 0.15) is 11.6 Å². The molecule has 1 aliphatic rings. The Morgan fingerprint density at radius 2 is 2.21 bits per heavy atom. The van der Waals surface area contributed by atoms with Crippen molar-refractivity contribution in [1.82, 2.24) is 14.8 Å². The normalized spacial score (nSPS) is 17.4. The number of nitrogens with two attached hydrogens (primary N) is 1. The molecule has 1 aromatic heterocycles. The number of fused-ring (bicyclic) bond motifs is 1. The highest BCUT2D eigenvalue weighted by molar-refractivity contribution is 5.04. The number of halogens is 2. The summed E-state index contributed by atoms with van der Waals surface area (Å²) in [5, 5.41) is 7.76. The van der Waals surface area contributed by atoms with Crippen LogP contribution in [0, 0.1) is 0 Å². The molecule has 2 heterocycles. The molecule has 0 aromatic carbocycles. The first kappa shape index (κ1) is 9.51. The molecule has 14 heavy (non-hydrogen) atoms. The molecule has 0 radical (unpaired) electrons. The summed E-state index contributed by atoms with van der Waals surface area (Å²) in [4.78, 5) is 0. The molecule has 4 nitrogen and oxygen atoms in total. The number of aromatic nitrogens is 3. The second-order valence-corrected chi connectivity index (χ2v) is 3.46. The SMILES string of the molecule is NC(CC(F)F)c1nnc2n1CCC2. The van der Waals surface area contributed by atoms with Gasteiger partial charge in [-0.1, -0.05) is 0 Å². The van der Waals surface area contributed by atoms with E-state index in [1.54, 1.807) is 0 Å². The maximum absolute atomic E-state index is 12.1. The zero-order valence-electron chi connectivity index (χ0n) is 7.66. The molecular weight excluding hydrogens is 190 g/mol. The zero-order chi connectivity index (χ0) is 10.1. The number of alkyl halides is 2. The molecule has 0 saturated carbocycles. The van der Waals surface area contributed by atoms with Gasteiger partial charge in [-0.05, 0) is 6.42 Å². The summed E-state index contributed by atoms with van der Waals surface area (Å²) in [6.07, 6.45) is -0.870. The molecule has 78 valence electrons. The third-order valence-corrected chi connectivity index (χ3v) is 2.40. The van der Waals surface area contributed by atoms with Crippen molar-refractivity contribution < 1.29 is 8.78 Å². The Morgan fingerprint density at radius 3 is 2.93 bits per heavy atom. The third-order valence-electron chi connectivity index (χ3n) is 2.40. The lowest BCUT2D eigenvalue weighted by molar-refractivity contribution is 0.126. The van der Waals surface area contributed by atoms with Crippen LogP contribution < -0.4 is 5.73 Å². The van der Waals surface area contributed by atoms with Crippen molar-refractivity contribution in [3.05, 3.63) is 11.6 Å². The molecule has 2 rings (SSSR count). The summed E-state index contributed by atoms with van der Waals surface area (Å²) in [7, 11) is 0. The summed E-state index contributed by atoms with van der Waals surface area (Å²) in [5.74, 6) is 1.36. The highest BCUT2D eigenvalue weighted by Crippen LogP contribution is 2.21. The van der Waals surface area contributed by atoms with Crippen molar-refractivity contribution >= 4 is 0 Å². The summed E-state index contributed by atoms with van der Waals surface area (Å²) in [6.45, 7) is 0.800. The molecule has 0 spiro atoms. The van der Waals surface area contributed by atoms with E-state index in [0.29, 0.717) is 5.82 Å². The summed E-state index contributed by atoms with van der Waals surface area (Å²) < 4.78 is 26.0. The monoisotopic (exact) mass is 202 g/mol. The van der Waals surface area contributed by atoms with E-state index >= 15 is 0 Å². The average molecular weight is 202 g/mol. The van der Waals surface area contributed by atoms with Crippen molar-refractivity contribution in [2.24, 2.45) is 5.73 Å². The van der Waals surface area contributed by atoms with E-state index in [2.05, 4.69) is 10.2 Å². The van der Waals surface area contributed by atoms with Crippen molar-refractivity contribution in [2.75, 3.05) is 0 Å². The molecule has 0 aliphatic carbocycles. The van der Waals surface area contributed by atoms with Crippen LogP contribution in [0.25, 0.3) is 0 Å². The van der Waals surface area contributed by atoms with Crippen molar-refractivity contribution in [3.63, 3.8) is 0 Å². The van der Waals surface area contributed by atoms with Crippen molar-refractivity contribution in [2.45, 2.75) is 38.3 Å². The van der Waals surface area contributed by atoms with E-state index in [-0.39, 0.29) is 6.42 Å². The first-order valence-corrected chi connectivity index (χ1v) is 4.64. The van der Waals surface area contributed by atoms with Gasteiger partial charge < -0.3 is 10.3 Å². The van der Waals surface area contributed by atoms with Gasteiger partial charge in [0.15, 0.2) is 0 Å². The Kier molecular flexibility index (Phi) is 2.45. The lowest BCUT2D eigenvalue weighted by Crippen LogP contribution is -2.18. The Hall–Kier alpha value is -1.04. The minimum atomic E-state index is -2.39. The number of hydrogen-bond donors (Lipinski definition) is 1. The van der Waals surface area contributed by atoms with Crippen LogP contribution in [0.5, 0.6) is 0 Å². The van der Waals surface area contributed by atoms with Crippen LogP contribution in [0.2, 0.25) is 0 Å². The summed E-state index contributed by atoms with van der Waals surface area (Å²) in [6, 6.07) is -0.700. The van der Waals surface area contributed by atoms with Crippen LogP contribution in [0.3, 0.4) is 0 Å². The first-order valence-electron chi connectivity index (χ1n) is 4.64. The molecule has 6 heteroatoms. The van der Waals surface area contributed by atoms with Gasteiger partial charge in [0.2, 0.25) is 6.43 Å². The fraction of sp³-hybridized carbons (Fsp3) is 0.750. The zero-order valence-corrected chi connectivity index (χ0v) is 7.66. The lowest BCUT2D eigenvalue weighted by Gasteiger charge is -2.10. The Balaban J connectivity index is 2.16. The fourth-order valence-corrected chi connectivity index (χ4v) is 1.74. The maximum Gasteiger partial charge on any atom is 0.240 e. The molecule has 1 aromatic rings. The molecule has 0 saturated heterocycles. The van der Waals surface area contributed by atoms with Gasteiger partial charge in [-0.3, -0.25) is 0 Å². The fourth-order valence-electron chi connectivity index (χ4n) is 1.74. The van der Waals surface area contributed by atoms with Crippen LogP contribution in [0.15, 0.2) is 0 Å². The van der Waals surface area contributed by atoms with Crippen LogP contribution in [-0.4, -0.2) is 21.2 Å². The summed E-state index contributed by atoms with van der Waals surface area (Å²) in [5.41, 5.74) is 5.61. The largest absolute Gasteiger partial charge is 0.321 e. The van der Waals surface area contributed by atoms with Crippen molar-refractivity contribution in [3.8, 4) is 0 Å². The number of rotatable bonds is 3. The number of nitrogens with zero attached hydrogens (tertiary/aromatic N) is 3. The Labute approximate surface area is 80.1 Å². The predicted molar refractivity (Wildman–Crippen MR) is 45.9 cm³/mol. The molecule has 0 fully saturated rings. The van der Waals surface area contributed by atoms with E-state index in [9.17, 15) is 8.78 Å². The molecule has 2 N–H and O–H groups in total. The standard InChI is InChI=1S/C8H12F2N4/c9-6(10)4-5(11)8-13-12-7-2-1-3-14(7)8/h5-6H,1-4,11H2. The van der Waals surface area contributed by atoms with Crippen molar-refractivity contribution in [1.29, 1.82) is 0 Å². The third kappa shape index (κ3) is 1.61. The van der Waals surface area contributed by atoms with E-state index in [1.165, 1.54) is 0 Å². The van der Waals surface area contributed by atoms with E-state index in [0.717, 1.165) is 25.2 Å². The first-order chi connectivity index (χ1) is 6.68. The minimum absolute atomic E-state index is 0.349. The topological polar surface area (TPSA) is 56.7 Å². The molecule has 1 atom stereocenters. The highest BCUT2D eigenvalue weighted by atomic mass is 19.3. The second kappa shape index (κ2) is 3.61. The minimum Gasteiger partial charge on any atom is -0.321 e. The quantitative estimate of drug-likeness (QED) is 0.791. The van der Waals surface area contributed by atoms with Crippen LogP contribution in [0.1, 0.15) is 30.5 Å². The molecule has 0 amide bonds. The lowest BCUT2D eigenvalue weighted by atomic mass is 10.2. The molecule has 1 unspecified atom stereocenters. The van der Waals surface area contributed by atoms with Gasteiger partial charge in [-0.25, -0.2) is 8.78 Å². The predicted octanol–water partition coefficient (Wildman–Crippen LogP) is 0.879. The van der Waals surface area contributed by atoms with Gasteiger partial charge in [-0.15, -0.1) is 10.2 Å². The van der Waals surface area contributed by atoms with Gasteiger partial charge in [0.05, 0.1) is 6.04 Å². The van der Waals surface area contributed by atoms with E-state index < -0.39 is 12.5 Å². The molecular formula is C8H12F2N4. The van der Waals surface area contributed by atoms with E-state index in [4.69, 9.17) is 5.73 Å². The maximum atomic E-state index is 12.1. The highest BCUT2D eigenvalue weighted by Gasteiger charge is 2.23. The van der Waals surface area contributed by atoms with Crippen LogP contribution >= 0.6 is 0 Å². The summed E-state index contributed by atoms with van der Waals surface area (Å²) >= 11 is 0. The average Bonchev–Trinajstić information content (AvgIpc) is 2.59. The van der Waals surface area contributed by atoms with Gasteiger partial charge in [-0.2, -0.15) is 0 Å². The Morgan fingerprint density at radius 1 is 1.43 bits per heavy atom. The molecule has 1 aliphatic heterocycles. The number of aryl methyl sites for hydroxylation is 1. The van der Waals surface area contributed by atoms with Gasteiger partial charge >= 0.3 is 0 Å². The van der Waals surface area contributed by atoms with E-state index in [1.807, 2.05) is 4.57 Å². The second-order valence-electron chi connectivity index (χ2n) is 3.46. The van der Waals surface area contributed by atoms with Gasteiger partial charge in [0, 0.05) is 19.4 Å². The Bertz CT molecular complexity index is 323. The smallest absolute Gasteiger partial charge is 0.240 e. The van der Waals surface area contributed by atoms with Gasteiger partial charge in [0.25, 0.3) is 0 Å². The number of hydrogen-bond acceptors (Lipinski definition) is 3. The van der Waals surface area contributed by atoms with Crippen LogP contribution in [0.4, 0.5) is 8.78 Å². The van der Waals surface area contributed by atoms with Crippen LogP contribution in [-0.2, 0) is 13.0 Å².